The molecular weight excluding hydrogens is 166 g/mol. The molecule has 0 saturated heterocycles. The third kappa shape index (κ3) is 2.43. The van der Waals surface area contributed by atoms with Crippen LogP contribution in [0, 0.1) is 6.92 Å². The van der Waals surface area contributed by atoms with Crippen LogP contribution in [-0.4, -0.2) is 16.6 Å². The minimum absolute atomic E-state index is 0.462. The van der Waals surface area contributed by atoms with E-state index in [1.165, 1.54) is 6.33 Å². The summed E-state index contributed by atoms with van der Waals surface area (Å²) in [7, 11) is 0. The van der Waals surface area contributed by atoms with Gasteiger partial charge in [0.1, 0.15) is 12.1 Å². The third-order valence-corrected chi connectivity index (χ3v) is 1.64. The van der Waals surface area contributed by atoms with E-state index in [0.717, 1.165) is 12.0 Å². The molecule has 0 saturated carbocycles. The van der Waals surface area contributed by atoms with Crippen LogP contribution in [0.25, 0.3) is 0 Å². The monoisotopic (exact) mass is 179 g/mol. The highest BCUT2D eigenvalue weighted by molar-refractivity contribution is 5.42. The van der Waals surface area contributed by atoms with Crippen molar-refractivity contribution in [3.63, 3.8) is 0 Å². The average Bonchev–Trinajstić information content (AvgIpc) is 2.13. The van der Waals surface area contributed by atoms with Gasteiger partial charge in [0.15, 0.2) is 0 Å². The van der Waals surface area contributed by atoms with Gasteiger partial charge in [-0.2, -0.15) is 0 Å². The van der Waals surface area contributed by atoms with Crippen molar-refractivity contribution in [2.75, 3.05) is 12.3 Å². The second-order valence-electron chi connectivity index (χ2n) is 2.61. The van der Waals surface area contributed by atoms with E-state index < -0.39 is 0 Å². The molecule has 0 atom stereocenters. The first-order chi connectivity index (χ1) is 6.25. The SMILES string of the molecule is C=CCCOc1ncnc(N)c1C. The second-order valence-corrected chi connectivity index (χ2v) is 2.61. The molecule has 0 aliphatic carbocycles. The molecule has 1 aromatic heterocycles. The third-order valence-electron chi connectivity index (χ3n) is 1.64. The topological polar surface area (TPSA) is 61.0 Å². The molecule has 0 bridgehead atoms. The molecule has 0 aliphatic rings. The standard InChI is InChI=1S/C9H13N3O/c1-3-4-5-13-9-7(2)8(10)11-6-12-9/h3,6H,1,4-5H2,2H3,(H2,10,11,12). The number of hydrogen-bond donors (Lipinski definition) is 1. The summed E-state index contributed by atoms with van der Waals surface area (Å²) in [5, 5.41) is 0. The predicted molar refractivity (Wildman–Crippen MR) is 51.5 cm³/mol. The fourth-order valence-electron chi connectivity index (χ4n) is 0.831. The Morgan fingerprint density at radius 2 is 2.38 bits per heavy atom. The first-order valence-electron chi connectivity index (χ1n) is 4.06. The van der Waals surface area contributed by atoms with Crippen LogP contribution in [0.2, 0.25) is 0 Å². The summed E-state index contributed by atoms with van der Waals surface area (Å²) in [5.74, 6) is 1.01. The van der Waals surface area contributed by atoms with Gasteiger partial charge in [0, 0.05) is 0 Å². The van der Waals surface area contributed by atoms with Gasteiger partial charge in [0.2, 0.25) is 5.88 Å². The first-order valence-corrected chi connectivity index (χ1v) is 4.06. The molecular formula is C9H13N3O. The lowest BCUT2D eigenvalue weighted by Gasteiger charge is -2.06. The lowest BCUT2D eigenvalue weighted by molar-refractivity contribution is 0.309. The van der Waals surface area contributed by atoms with Crippen molar-refractivity contribution in [1.82, 2.24) is 9.97 Å². The minimum atomic E-state index is 0.462. The molecule has 1 heterocycles. The molecule has 0 unspecified atom stereocenters. The van der Waals surface area contributed by atoms with Gasteiger partial charge in [-0.25, -0.2) is 9.97 Å². The number of nitrogens with zero attached hydrogens (tertiary/aromatic N) is 2. The van der Waals surface area contributed by atoms with Crippen molar-refractivity contribution in [3.05, 3.63) is 24.5 Å². The van der Waals surface area contributed by atoms with Gasteiger partial charge in [-0.3, -0.25) is 0 Å². The quantitative estimate of drug-likeness (QED) is 0.559. The molecule has 0 amide bonds. The highest BCUT2D eigenvalue weighted by atomic mass is 16.5. The van der Waals surface area contributed by atoms with Crippen molar-refractivity contribution >= 4 is 5.82 Å². The van der Waals surface area contributed by atoms with Crippen LogP contribution in [-0.2, 0) is 0 Å². The zero-order valence-corrected chi connectivity index (χ0v) is 7.66. The van der Waals surface area contributed by atoms with Crippen LogP contribution >= 0.6 is 0 Å². The molecule has 70 valence electrons. The second kappa shape index (κ2) is 4.45. The Kier molecular flexibility index (Phi) is 3.25. The van der Waals surface area contributed by atoms with Crippen molar-refractivity contribution in [2.45, 2.75) is 13.3 Å². The highest BCUT2D eigenvalue weighted by Crippen LogP contribution is 2.17. The van der Waals surface area contributed by atoms with Gasteiger partial charge < -0.3 is 10.5 Å². The van der Waals surface area contributed by atoms with Gasteiger partial charge in [0.25, 0.3) is 0 Å². The molecule has 0 fully saturated rings. The van der Waals surface area contributed by atoms with Gasteiger partial charge in [-0.15, -0.1) is 6.58 Å². The van der Waals surface area contributed by atoms with Crippen LogP contribution in [0.1, 0.15) is 12.0 Å². The average molecular weight is 179 g/mol. The number of aromatic nitrogens is 2. The zero-order chi connectivity index (χ0) is 9.68. The number of nitrogens with two attached hydrogens (primary N) is 1. The van der Waals surface area contributed by atoms with Gasteiger partial charge in [0.05, 0.1) is 12.2 Å². The maximum Gasteiger partial charge on any atom is 0.221 e. The molecule has 2 N–H and O–H groups in total. The fourth-order valence-corrected chi connectivity index (χ4v) is 0.831. The van der Waals surface area contributed by atoms with E-state index in [9.17, 15) is 0 Å². The van der Waals surface area contributed by atoms with E-state index in [1.807, 2.05) is 6.92 Å². The Balaban J connectivity index is 2.65. The molecule has 1 aromatic rings. The van der Waals surface area contributed by atoms with Crippen molar-refractivity contribution in [3.8, 4) is 5.88 Å². The Morgan fingerprint density at radius 3 is 3.08 bits per heavy atom. The van der Waals surface area contributed by atoms with Crippen LogP contribution in [0.4, 0.5) is 5.82 Å². The molecule has 1 rings (SSSR count). The molecule has 0 spiro atoms. The molecule has 13 heavy (non-hydrogen) atoms. The number of nitrogen functional groups attached to an aromatic ring is 1. The summed E-state index contributed by atoms with van der Waals surface area (Å²) in [6.45, 7) is 6.00. The Labute approximate surface area is 77.5 Å². The van der Waals surface area contributed by atoms with Crippen molar-refractivity contribution in [1.29, 1.82) is 0 Å². The highest BCUT2D eigenvalue weighted by Gasteiger charge is 2.03. The number of anilines is 1. The molecule has 4 nitrogen and oxygen atoms in total. The molecule has 0 radical (unpaired) electrons. The van der Waals surface area contributed by atoms with E-state index >= 15 is 0 Å². The maximum absolute atomic E-state index is 5.57. The first kappa shape index (κ1) is 9.51. The van der Waals surface area contributed by atoms with Crippen LogP contribution in [0.15, 0.2) is 19.0 Å². The number of rotatable bonds is 4. The van der Waals surface area contributed by atoms with Crippen molar-refractivity contribution < 1.29 is 4.74 Å². The lowest BCUT2D eigenvalue weighted by atomic mass is 10.3. The van der Waals surface area contributed by atoms with Crippen molar-refractivity contribution in [2.24, 2.45) is 0 Å². The zero-order valence-electron chi connectivity index (χ0n) is 7.66. The van der Waals surface area contributed by atoms with E-state index in [-0.39, 0.29) is 0 Å². The Morgan fingerprint density at radius 1 is 1.62 bits per heavy atom. The molecule has 0 aliphatic heterocycles. The summed E-state index contributed by atoms with van der Waals surface area (Å²) in [6.07, 6.45) is 3.98. The summed E-state index contributed by atoms with van der Waals surface area (Å²) >= 11 is 0. The Bertz CT molecular complexity index is 299. The lowest BCUT2D eigenvalue weighted by Crippen LogP contribution is -2.03. The number of ether oxygens (including phenoxy) is 1. The molecule has 0 aromatic carbocycles. The van der Waals surface area contributed by atoms with Gasteiger partial charge >= 0.3 is 0 Å². The van der Waals surface area contributed by atoms with Crippen LogP contribution in [0.3, 0.4) is 0 Å². The largest absolute Gasteiger partial charge is 0.477 e. The van der Waals surface area contributed by atoms with Crippen LogP contribution < -0.4 is 10.5 Å². The fraction of sp³-hybridized carbons (Fsp3) is 0.333. The maximum atomic E-state index is 5.57. The van der Waals surface area contributed by atoms with E-state index in [2.05, 4.69) is 16.5 Å². The van der Waals surface area contributed by atoms with Crippen LogP contribution in [0.5, 0.6) is 5.88 Å². The smallest absolute Gasteiger partial charge is 0.221 e. The minimum Gasteiger partial charge on any atom is -0.477 e. The predicted octanol–water partition coefficient (Wildman–Crippen LogP) is 1.32. The summed E-state index contributed by atoms with van der Waals surface area (Å²) in [6, 6.07) is 0. The number of hydrogen-bond acceptors (Lipinski definition) is 4. The summed E-state index contributed by atoms with van der Waals surface area (Å²) in [5.41, 5.74) is 6.36. The normalized spacial score (nSPS) is 9.62. The van der Waals surface area contributed by atoms with Gasteiger partial charge in [-0.05, 0) is 13.3 Å². The van der Waals surface area contributed by atoms with E-state index in [4.69, 9.17) is 10.5 Å². The Hall–Kier alpha value is -1.58. The molecule has 4 heteroatoms. The van der Waals surface area contributed by atoms with E-state index in [1.54, 1.807) is 6.08 Å². The van der Waals surface area contributed by atoms with Gasteiger partial charge in [-0.1, -0.05) is 6.08 Å². The summed E-state index contributed by atoms with van der Waals surface area (Å²) < 4.78 is 5.36. The van der Waals surface area contributed by atoms with E-state index in [0.29, 0.717) is 18.3 Å². The summed E-state index contributed by atoms with van der Waals surface area (Å²) in [4.78, 5) is 7.80.